The van der Waals surface area contributed by atoms with Crippen molar-refractivity contribution in [2.45, 2.75) is 0 Å². The van der Waals surface area contributed by atoms with Crippen LogP contribution >= 0.6 is 11.3 Å². The lowest BCUT2D eigenvalue weighted by molar-refractivity contribution is 1.07. The highest BCUT2D eigenvalue weighted by Crippen LogP contribution is 2.47. The van der Waals surface area contributed by atoms with Gasteiger partial charge in [0.2, 0.25) is 0 Å². The fraction of sp³-hybridized carbons (Fsp3) is 0. The van der Waals surface area contributed by atoms with Crippen LogP contribution in [-0.2, 0) is 0 Å². The zero-order valence-corrected chi connectivity index (χ0v) is 37.5. The molecule has 0 aliphatic heterocycles. The molecule has 4 aromatic heterocycles. The molecule has 0 spiro atoms. The average molecular weight is 886 g/mol. The van der Waals surface area contributed by atoms with Gasteiger partial charge in [0.1, 0.15) is 0 Å². The Hall–Kier alpha value is -8.84. The molecule has 4 heterocycles. The van der Waals surface area contributed by atoms with Crippen molar-refractivity contribution >= 4 is 53.3 Å². The normalized spacial score (nSPS) is 11.5. The number of thiophene rings is 1. The molecule has 0 saturated carbocycles. The van der Waals surface area contributed by atoms with Gasteiger partial charge >= 0.3 is 0 Å². The number of rotatable bonds is 8. The topological polar surface area (TPSA) is 56.5 Å². The first-order chi connectivity index (χ1) is 33.7. The van der Waals surface area contributed by atoms with E-state index in [0.29, 0.717) is 17.5 Å². The maximum Gasteiger partial charge on any atom is 0.166 e. The molecule has 0 saturated heterocycles. The molecule has 68 heavy (non-hydrogen) atoms. The van der Waals surface area contributed by atoms with Gasteiger partial charge < -0.3 is 4.57 Å². The van der Waals surface area contributed by atoms with E-state index in [1.165, 1.54) is 42.8 Å². The third-order valence-electron chi connectivity index (χ3n) is 12.9. The molecule has 0 radical (unpaired) electrons. The van der Waals surface area contributed by atoms with Crippen LogP contribution in [0, 0.1) is 0 Å². The molecule has 5 nitrogen and oxygen atoms in total. The molecule has 0 atom stereocenters. The van der Waals surface area contributed by atoms with Gasteiger partial charge in [0.15, 0.2) is 17.5 Å². The molecule has 0 fully saturated rings. The second-order valence-electron chi connectivity index (χ2n) is 17.0. The predicted molar refractivity (Wildman–Crippen MR) is 283 cm³/mol. The van der Waals surface area contributed by atoms with E-state index in [1.807, 2.05) is 53.9 Å². The van der Waals surface area contributed by atoms with Gasteiger partial charge in [-0.3, -0.25) is 4.98 Å². The van der Waals surface area contributed by atoms with Gasteiger partial charge in [0.25, 0.3) is 0 Å². The predicted octanol–water partition coefficient (Wildman–Crippen LogP) is 16.4. The summed E-state index contributed by atoms with van der Waals surface area (Å²) in [5.41, 5.74) is 14.6. The molecule has 0 aliphatic rings. The number of aromatic nitrogens is 5. The van der Waals surface area contributed by atoms with Crippen molar-refractivity contribution < 1.29 is 0 Å². The van der Waals surface area contributed by atoms with Gasteiger partial charge in [-0.15, -0.1) is 11.3 Å². The summed E-state index contributed by atoms with van der Waals surface area (Å²) < 4.78 is 4.81. The van der Waals surface area contributed by atoms with Crippen molar-refractivity contribution in [1.29, 1.82) is 0 Å². The molecule has 0 amide bonds. The maximum atomic E-state index is 5.47. The molecule has 0 aliphatic carbocycles. The average Bonchev–Trinajstić information content (AvgIpc) is 3.98. The molecule has 0 bridgehead atoms. The quantitative estimate of drug-likeness (QED) is 0.153. The van der Waals surface area contributed by atoms with Gasteiger partial charge in [-0.05, 0) is 58.1 Å². The second kappa shape index (κ2) is 16.5. The zero-order valence-electron chi connectivity index (χ0n) is 36.7. The van der Waals surface area contributed by atoms with Crippen LogP contribution in [0.4, 0.5) is 0 Å². The fourth-order valence-electron chi connectivity index (χ4n) is 9.72. The highest BCUT2D eigenvalue weighted by Gasteiger charge is 2.23. The number of nitrogens with zero attached hydrogens (tertiary/aromatic N) is 5. The monoisotopic (exact) mass is 885 g/mol. The minimum absolute atomic E-state index is 0.552. The summed E-state index contributed by atoms with van der Waals surface area (Å²) in [6.07, 6.45) is 2.01. The number of para-hydroxylation sites is 2. The number of benzene rings is 9. The van der Waals surface area contributed by atoms with Crippen LogP contribution in [0.2, 0.25) is 0 Å². The first-order valence-electron chi connectivity index (χ1n) is 22.8. The number of hydrogen-bond donors (Lipinski definition) is 0. The second-order valence-corrected chi connectivity index (χ2v) is 18.0. The van der Waals surface area contributed by atoms with E-state index in [4.69, 9.17) is 19.9 Å². The van der Waals surface area contributed by atoms with E-state index in [1.54, 1.807) is 0 Å². The fourth-order valence-corrected chi connectivity index (χ4v) is 11.1. The summed E-state index contributed by atoms with van der Waals surface area (Å²) in [6.45, 7) is 0. The summed E-state index contributed by atoms with van der Waals surface area (Å²) in [7, 11) is 0. The van der Waals surface area contributed by atoms with Gasteiger partial charge in [-0.2, -0.15) is 0 Å². The van der Waals surface area contributed by atoms with Crippen LogP contribution in [0.3, 0.4) is 0 Å². The van der Waals surface area contributed by atoms with Crippen molar-refractivity contribution in [3.8, 4) is 84.5 Å². The number of fused-ring (bicyclic) bond motifs is 7. The molecule has 0 unspecified atom stereocenters. The van der Waals surface area contributed by atoms with Crippen LogP contribution in [0.25, 0.3) is 126 Å². The Balaban J connectivity index is 1.08. The van der Waals surface area contributed by atoms with E-state index in [-0.39, 0.29) is 0 Å². The lowest BCUT2D eigenvalue weighted by Gasteiger charge is -2.16. The van der Waals surface area contributed by atoms with E-state index in [0.717, 1.165) is 66.2 Å². The lowest BCUT2D eigenvalue weighted by Crippen LogP contribution is -2.02. The number of pyridine rings is 1. The van der Waals surface area contributed by atoms with Gasteiger partial charge in [-0.1, -0.05) is 200 Å². The standard InChI is InChI=1S/C62H39N5S/c1-6-19-40(20-7-1)47-34-33-44(37-53(47)41-21-8-2-9-22-41)45-38-54(62-65-60(42-23-10-3-11-24-42)64-61(66-62)43-25-12-4-13-26-43)56(63-39-45)52-31-18-30-50-51-36-35-49-48-29-16-17-32-55(48)67(46-27-14-5-15-28-46)57(49)59(51)68-58(50)52/h1-39H. The zero-order chi connectivity index (χ0) is 45.0. The van der Waals surface area contributed by atoms with Gasteiger partial charge in [0, 0.05) is 65.9 Å². The van der Waals surface area contributed by atoms with Gasteiger partial charge in [0.05, 0.1) is 21.4 Å². The van der Waals surface area contributed by atoms with Gasteiger partial charge in [-0.25, -0.2) is 15.0 Å². The Labute approximate surface area is 397 Å². The Morgan fingerprint density at radius 1 is 0.324 bits per heavy atom. The highest BCUT2D eigenvalue weighted by molar-refractivity contribution is 7.27. The van der Waals surface area contributed by atoms with Crippen molar-refractivity contribution in [2.75, 3.05) is 0 Å². The SMILES string of the molecule is c1ccc(-c2nc(-c3ccccc3)nc(-c3cc(-c4ccc(-c5ccccc5)c(-c5ccccc5)c4)cnc3-c3cccc4c3sc3c4ccc4c5ccccc5n(-c5ccccc5)c43)n2)cc1. The minimum Gasteiger partial charge on any atom is -0.308 e. The molecule has 318 valence electrons. The molecule has 13 rings (SSSR count). The van der Waals surface area contributed by atoms with Crippen molar-refractivity contribution in [1.82, 2.24) is 24.5 Å². The molecular weight excluding hydrogens is 847 g/mol. The Bertz CT molecular complexity index is 3940. The molecule has 0 N–H and O–H groups in total. The highest BCUT2D eigenvalue weighted by atomic mass is 32.1. The summed E-state index contributed by atoms with van der Waals surface area (Å²) in [5, 5.41) is 4.85. The maximum absolute atomic E-state index is 5.47. The third kappa shape index (κ3) is 6.77. The molecule has 9 aromatic carbocycles. The summed E-state index contributed by atoms with van der Waals surface area (Å²) >= 11 is 1.83. The van der Waals surface area contributed by atoms with E-state index in [9.17, 15) is 0 Å². The van der Waals surface area contributed by atoms with E-state index >= 15 is 0 Å². The molecule has 6 heteroatoms. The Morgan fingerprint density at radius 3 is 1.53 bits per heavy atom. The van der Waals surface area contributed by atoms with Crippen LogP contribution in [0.5, 0.6) is 0 Å². The Kier molecular flexibility index (Phi) is 9.62. The summed E-state index contributed by atoms with van der Waals surface area (Å²) in [6, 6.07) is 81.1. The molecule has 13 aromatic rings. The lowest BCUT2D eigenvalue weighted by atomic mass is 9.91. The smallest absolute Gasteiger partial charge is 0.166 e. The van der Waals surface area contributed by atoms with Crippen molar-refractivity contribution in [2.24, 2.45) is 0 Å². The van der Waals surface area contributed by atoms with Crippen LogP contribution in [-0.4, -0.2) is 24.5 Å². The van der Waals surface area contributed by atoms with Crippen LogP contribution < -0.4 is 0 Å². The Morgan fingerprint density at radius 2 is 0.853 bits per heavy atom. The van der Waals surface area contributed by atoms with E-state index in [2.05, 4.69) is 199 Å². The third-order valence-corrected chi connectivity index (χ3v) is 14.2. The van der Waals surface area contributed by atoms with Crippen LogP contribution in [0.15, 0.2) is 237 Å². The van der Waals surface area contributed by atoms with Crippen molar-refractivity contribution in [3.05, 3.63) is 237 Å². The number of hydrogen-bond acceptors (Lipinski definition) is 5. The summed E-state index contributed by atoms with van der Waals surface area (Å²) in [4.78, 5) is 21.2. The first kappa shape index (κ1) is 39.5. The minimum atomic E-state index is 0.552. The summed E-state index contributed by atoms with van der Waals surface area (Å²) in [5.74, 6) is 1.75. The largest absolute Gasteiger partial charge is 0.308 e. The molecular formula is C62H39N5S. The van der Waals surface area contributed by atoms with Crippen molar-refractivity contribution in [3.63, 3.8) is 0 Å². The van der Waals surface area contributed by atoms with Crippen LogP contribution in [0.1, 0.15) is 0 Å². The first-order valence-corrected chi connectivity index (χ1v) is 23.6. The van der Waals surface area contributed by atoms with E-state index < -0.39 is 0 Å².